The van der Waals surface area contributed by atoms with Crippen LogP contribution in [0.3, 0.4) is 0 Å². The van der Waals surface area contributed by atoms with Crippen molar-refractivity contribution >= 4 is 5.95 Å². The second-order valence-electron chi connectivity index (χ2n) is 4.75. The highest BCUT2D eigenvalue weighted by Crippen LogP contribution is 2.27. The molecule has 0 spiro atoms. The highest BCUT2D eigenvalue weighted by molar-refractivity contribution is 5.23. The minimum atomic E-state index is 0.710. The minimum absolute atomic E-state index is 0.710. The molecule has 1 saturated carbocycles. The minimum Gasteiger partial charge on any atom is -0.357 e. The topological polar surface area (TPSA) is 41.1 Å². The van der Waals surface area contributed by atoms with Crippen molar-refractivity contribution in [3.63, 3.8) is 0 Å². The summed E-state index contributed by atoms with van der Waals surface area (Å²) in [4.78, 5) is 11.1. The Labute approximate surface area is 103 Å². The quantitative estimate of drug-likeness (QED) is 0.818. The van der Waals surface area contributed by atoms with Crippen LogP contribution in [0.2, 0.25) is 0 Å². The molecule has 17 heavy (non-hydrogen) atoms. The van der Waals surface area contributed by atoms with Crippen LogP contribution in [0.5, 0.6) is 0 Å². The van der Waals surface area contributed by atoms with Crippen molar-refractivity contribution in [2.45, 2.75) is 32.7 Å². The van der Waals surface area contributed by atoms with Crippen LogP contribution >= 0.6 is 0 Å². The van der Waals surface area contributed by atoms with Crippen LogP contribution < -0.4 is 5.32 Å². The highest BCUT2D eigenvalue weighted by atomic mass is 15.1. The van der Waals surface area contributed by atoms with Gasteiger partial charge in [0, 0.05) is 26.3 Å². The maximum Gasteiger partial charge on any atom is 0.222 e. The molecule has 0 radical (unpaired) electrons. The van der Waals surface area contributed by atoms with Gasteiger partial charge in [0.25, 0.3) is 0 Å². The molecule has 1 N–H and O–H groups in total. The summed E-state index contributed by atoms with van der Waals surface area (Å²) in [6, 6.07) is 2.00. The molecule has 1 fully saturated rings. The van der Waals surface area contributed by atoms with E-state index >= 15 is 0 Å². The predicted molar refractivity (Wildman–Crippen MR) is 69.9 cm³/mol. The molecule has 0 aliphatic heterocycles. The molecule has 94 valence electrons. The Morgan fingerprint density at radius 2 is 2.29 bits per heavy atom. The number of nitrogens with one attached hydrogen (secondary N) is 1. The third-order valence-electron chi connectivity index (χ3n) is 3.51. The number of hydrogen-bond acceptors (Lipinski definition) is 4. The molecular weight excluding hydrogens is 212 g/mol. The van der Waals surface area contributed by atoms with E-state index in [4.69, 9.17) is 0 Å². The third-order valence-corrected chi connectivity index (χ3v) is 3.51. The van der Waals surface area contributed by atoms with Crippen molar-refractivity contribution < 1.29 is 0 Å². The summed E-state index contributed by atoms with van der Waals surface area (Å²) in [6.45, 7) is 5.47. The van der Waals surface area contributed by atoms with E-state index < -0.39 is 0 Å². The zero-order chi connectivity index (χ0) is 12.1. The number of nitrogens with zero attached hydrogens (tertiary/aromatic N) is 3. The van der Waals surface area contributed by atoms with Gasteiger partial charge in [0.05, 0.1) is 5.69 Å². The van der Waals surface area contributed by atoms with Crippen molar-refractivity contribution in [2.24, 2.45) is 5.92 Å². The highest BCUT2D eigenvalue weighted by Gasteiger charge is 2.20. The fourth-order valence-corrected chi connectivity index (χ4v) is 2.18. The summed E-state index contributed by atoms with van der Waals surface area (Å²) in [5.41, 5.74) is 1.10. The van der Waals surface area contributed by atoms with Crippen LogP contribution in [0, 0.1) is 5.92 Å². The Bertz CT molecular complexity index is 349. The number of aromatic nitrogens is 2. The van der Waals surface area contributed by atoms with Gasteiger partial charge in [-0.05, 0) is 31.4 Å². The molecule has 1 aromatic rings. The first kappa shape index (κ1) is 12.3. The van der Waals surface area contributed by atoms with Crippen LogP contribution in [-0.4, -0.2) is 35.0 Å². The molecule has 1 aromatic heterocycles. The Balaban J connectivity index is 1.91. The van der Waals surface area contributed by atoms with E-state index in [0.717, 1.165) is 24.7 Å². The van der Waals surface area contributed by atoms with Crippen LogP contribution in [0.15, 0.2) is 12.3 Å². The Kier molecular flexibility index (Phi) is 4.31. The maximum atomic E-state index is 4.47. The normalized spacial score (nSPS) is 15.9. The molecule has 0 aromatic carbocycles. The molecule has 0 atom stereocenters. The van der Waals surface area contributed by atoms with Gasteiger partial charge >= 0.3 is 0 Å². The van der Waals surface area contributed by atoms with E-state index in [9.17, 15) is 0 Å². The second kappa shape index (κ2) is 5.96. The monoisotopic (exact) mass is 234 g/mol. The molecule has 1 aliphatic carbocycles. The van der Waals surface area contributed by atoms with Gasteiger partial charge in [-0.3, -0.25) is 4.90 Å². The molecule has 1 heterocycles. The van der Waals surface area contributed by atoms with Crippen molar-refractivity contribution in [1.82, 2.24) is 14.9 Å². The fourth-order valence-electron chi connectivity index (χ4n) is 2.18. The van der Waals surface area contributed by atoms with Gasteiger partial charge in [-0.1, -0.05) is 13.3 Å². The molecular formula is C13H22N4. The SMILES string of the molecule is CCN(Cc1ccnc(NC)n1)CC1CCC1. The standard InChI is InChI=1S/C13H22N4/c1-3-17(9-11-5-4-6-11)10-12-7-8-15-13(14-2)16-12/h7-8,11H,3-6,9-10H2,1-2H3,(H,14,15,16). The summed E-state index contributed by atoms with van der Waals surface area (Å²) in [5, 5.41) is 2.98. The van der Waals surface area contributed by atoms with Gasteiger partial charge in [-0.2, -0.15) is 0 Å². The molecule has 0 unspecified atom stereocenters. The zero-order valence-corrected chi connectivity index (χ0v) is 10.8. The summed E-state index contributed by atoms with van der Waals surface area (Å²) < 4.78 is 0. The van der Waals surface area contributed by atoms with Gasteiger partial charge in [-0.15, -0.1) is 0 Å². The van der Waals surface area contributed by atoms with Gasteiger partial charge in [0.1, 0.15) is 0 Å². The van der Waals surface area contributed by atoms with Gasteiger partial charge in [0.2, 0.25) is 5.95 Å². The summed E-state index contributed by atoms with van der Waals surface area (Å²) in [6.07, 6.45) is 6.05. The van der Waals surface area contributed by atoms with E-state index in [1.165, 1.54) is 25.8 Å². The van der Waals surface area contributed by atoms with Gasteiger partial charge < -0.3 is 5.32 Å². The molecule has 0 bridgehead atoms. The van der Waals surface area contributed by atoms with E-state index in [1.54, 1.807) is 0 Å². The first-order valence-electron chi connectivity index (χ1n) is 6.54. The van der Waals surface area contributed by atoms with Crippen molar-refractivity contribution in [1.29, 1.82) is 0 Å². The summed E-state index contributed by atoms with van der Waals surface area (Å²) >= 11 is 0. The first-order chi connectivity index (χ1) is 8.31. The lowest BCUT2D eigenvalue weighted by atomic mass is 9.85. The van der Waals surface area contributed by atoms with Crippen LogP contribution in [0.1, 0.15) is 31.9 Å². The third kappa shape index (κ3) is 3.40. The Morgan fingerprint density at radius 1 is 1.47 bits per heavy atom. The smallest absolute Gasteiger partial charge is 0.222 e. The molecule has 2 rings (SSSR count). The molecule has 0 saturated heterocycles. The fraction of sp³-hybridized carbons (Fsp3) is 0.692. The van der Waals surface area contributed by atoms with Crippen molar-refractivity contribution in [3.05, 3.63) is 18.0 Å². The van der Waals surface area contributed by atoms with Crippen LogP contribution in [0.25, 0.3) is 0 Å². The first-order valence-corrected chi connectivity index (χ1v) is 6.54. The summed E-state index contributed by atoms with van der Waals surface area (Å²) in [5.74, 6) is 1.63. The zero-order valence-electron chi connectivity index (χ0n) is 10.8. The predicted octanol–water partition coefficient (Wildman–Crippen LogP) is 2.14. The number of rotatable bonds is 6. The number of anilines is 1. The van der Waals surface area contributed by atoms with Crippen LogP contribution in [-0.2, 0) is 6.54 Å². The van der Waals surface area contributed by atoms with Crippen molar-refractivity contribution in [3.8, 4) is 0 Å². The van der Waals surface area contributed by atoms with E-state index in [2.05, 4.69) is 27.1 Å². The molecule has 4 nitrogen and oxygen atoms in total. The second-order valence-corrected chi connectivity index (χ2v) is 4.75. The molecule has 4 heteroatoms. The van der Waals surface area contributed by atoms with E-state index in [0.29, 0.717) is 5.95 Å². The largest absolute Gasteiger partial charge is 0.357 e. The van der Waals surface area contributed by atoms with E-state index in [1.807, 2.05) is 19.3 Å². The Hall–Kier alpha value is -1.16. The van der Waals surface area contributed by atoms with Gasteiger partial charge in [-0.25, -0.2) is 9.97 Å². The van der Waals surface area contributed by atoms with Gasteiger partial charge in [0.15, 0.2) is 0 Å². The maximum absolute atomic E-state index is 4.47. The van der Waals surface area contributed by atoms with Crippen LogP contribution in [0.4, 0.5) is 5.95 Å². The van der Waals surface area contributed by atoms with Crippen molar-refractivity contribution in [2.75, 3.05) is 25.5 Å². The molecule has 0 amide bonds. The average Bonchev–Trinajstić information content (AvgIpc) is 2.32. The lowest BCUT2D eigenvalue weighted by Gasteiger charge is -2.31. The number of hydrogen-bond donors (Lipinski definition) is 1. The summed E-state index contributed by atoms with van der Waals surface area (Å²) in [7, 11) is 1.85. The Morgan fingerprint density at radius 3 is 2.88 bits per heavy atom. The van der Waals surface area contributed by atoms with E-state index in [-0.39, 0.29) is 0 Å². The lowest BCUT2D eigenvalue weighted by molar-refractivity contribution is 0.177. The molecule has 1 aliphatic rings. The average molecular weight is 234 g/mol. The lowest BCUT2D eigenvalue weighted by Crippen LogP contribution is -2.32.